The van der Waals surface area contributed by atoms with E-state index in [9.17, 15) is 9.59 Å². The van der Waals surface area contributed by atoms with E-state index in [1.165, 1.54) is 28.2 Å². The molecule has 136 valence electrons. The van der Waals surface area contributed by atoms with Gasteiger partial charge in [-0.3, -0.25) is 9.59 Å². The van der Waals surface area contributed by atoms with Crippen molar-refractivity contribution in [2.45, 2.75) is 24.5 Å². The SMILES string of the molecule is Cc1ccc(N2CCN(C(=O)c3cc4c(s3)SCCC4=O)CC2)c(C)c1. The highest BCUT2D eigenvalue weighted by molar-refractivity contribution is 8.01. The number of carbonyl (C=O) groups excluding carboxylic acids is 2. The highest BCUT2D eigenvalue weighted by Gasteiger charge is 2.28. The van der Waals surface area contributed by atoms with Gasteiger partial charge in [0.1, 0.15) is 0 Å². The number of amides is 1. The Kier molecular flexibility index (Phi) is 4.80. The van der Waals surface area contributed by atoms with Crippen LogP contribution in [0.2, 0.25) is 0 Å². The molecule has 2 aliphatic heterocycles. The topological polar surface area (TPSA) is 40.6 Å². The Morgan fingerprint density at radius 3 is 2.54 bits per heavy atom. The first-order chi connectivity index (χ1) is 12.5. The van der Waals surface area contributed by atoms with Gasteiger partial charge in [-0.05, 0) is 31.5 Å². The van der Waals surface area contributed by atoms with Crippen molar-refractivity contribution in [1.29, 1.82) is 0 Å². The highest BCUT2D eigenvalue weighted by atomic mass is 32.2. The zero-order chi connectivity index (χ0) is 18.3. The third-order valence-corrected chi connectivity index (χ3v) is 7.44. The van der Waals surface area contributed by atoms with Crippen molar-refractivity contribution in [3.8, 4) is 0 Å². The van der Waals surface area contributed by atoms with Crippen molar-refractivity contribution in [2.24, 2.45) is 0 Å². The zero-order valence-electron chi connectivity index (χ0n) is 15.1. The zero-order valence-corrected chi connectivity index (χ0v) is 16.7. The van der Waals surface area contributed by atoms with E-state index in [0.29, 0.717) is 11.3 Å². The number of hydrogen-bond donors (Lipinski definition) is 0. The monoisotopic (exact) mass is 386 g/mol. The average Bonchev–Trinajstić information content (AvgIpc) is 3.07. The number of Topliss-reactive ketones (excluding diaryl/α,β-unsaturated/α-hetero) is 1. The van der Waals surface area contributed by atoms with Gasteiger partial charge in [-0.2, -0.15) is 0 Å². The van der Waals surface area contributed by atoms with Crippen molar-refractivity contribution in [3.63, 3.8) is 0 Å². The molecule has 3 heterocycles. The molecule has 0 unspecified atom stereocenters. The summed E-state index contributed by atoms with van der Waals surface area (Å²) >= 11 is 3.18. The third-order valence-electron chi connectivity index (χ3n) is 5.03. The van der Waals surface area contributed by atoms with Gasteiger partial charge < -0.3 is 9.80 Å². The van der Waals surface area contributed by atoms with Crippen LogP contribution in [0.4, 0.5) is 5.69 Å². The summed E-state index contributed by atoms with van der Waals surface area (Å²) in [4.78, 5) is 29.9. The molecule has 1 aromatic carbocycles. The fourth-order valence-electron chi connectivity index (χ4n) is 3.62. The predicted molar refractivity (Wildman–Crippen MR) is 108 cm³/mol. The van der Waals surface area contributed by atoms with Crippen LogP contribution in [0, 0.1) is 13.8 Å². The number of nitrogens with zero attached hydrogens (tertiary/aromatic N) is 2. The molecular weight excluding hydrogens is 364 g/mol. The fourth-order valence-corrected chi connectivity index (χ4v) is 6.05. The molecule has 2 aromatic rings. The van der Waals surface area contributed by atoms with Gasteiger partial charge in [0, 0.05) is 49.6 Å². The summed E-state index contributed by atoms with van der Waals surface area (Å²) in [6.45, 7) is 7.37. The summed E-state index contributed by atoms with van der Waals surface area (Å²) in [6.07, 6.45) is 0.580. The minimum Gasteiger partial charge on any atom is -0.368 e. The summed E-state index contributed by atoms with van der Waals surface area (Å²) in [5, 5.41) is 0. The Balaban J connectivity index is 1.45. The second-order valence-electron chi connectivity index (χ2n) is 6.90. The number of benzene rings is 1. The minimum absolute atomic E-state index is 0.0677. The van der Waals surface area contributed by atoms with Crippen LogP contribution < -0.4 is 4.90 Å². The van der Waals surface area contributed by atoms with Gasteiger partial charge in [-0.25, -0.2) is 0 Å². The van der Waals surface area contributed by atoms with Crippen LogP contribution in [-0.2, 0) is 0 Å². The van der Waals surface area contributed by atoms with E-state index in [0.717, 1.165) is 41.7 Å². The second-order valence-corrected chi connectivity index (χ2v) is 9.32. The molecule has 0 saturated carbocycles. The number of aryl methyl sites for hydroxylation is 2. The quantitative estimate of drug-likeness (QED) is 0.782. The first-order valence-corrected chi connectivity index (χ1v) is 10.7. The minimum atomic E-state index is 0.0677. The molecule has 2 aliphatic rings. The lowest BCUT2D eigenvalue weighted by Gasteiger charge is -2.36. The largest absolute Gasteiger partial charge is 0.368 e. The van der Waals surface area contributed by atoms with Crippen molar-refractivity contribution in [1.82, 2.24) is 4.90 Å². The Morgan fingerprint density at radius 2 is 1.85 bits per heavy atom. The van der Waals surface area contributed by atoms with Crippen LogP contribution >= 0.6 is 23.1 Å². The maximum Gasteiger partial charge on any atom is 0.264 e. The molecule has 4 nitrogen and oxygen atoms in total. The van der Waals surface area contributed by atoms with E-state index in [1.54, 1.807) is 11.8 Å². The Hall–Kier alpha value is -1.79. The molecule has 26 heavy (non-hydrogen) atoms. The molecular formula is C20H22N2O2S2. The lowest BCUT2D eigenvalue weighted by molar-refractivity contribution is 0.0751. The summed E-state index contributed by atoms with van der Waals surface area (Å²) < 4.78 is 1.01. The van der Waals surface area contributed by atoms with Crippen LogP contribution in [0.25, 0.3) is 0 Å². The molecule has 0 radical (unpaired) electrons. The van der Waals surface area contributed by atoms with Crippen LogP contribution in [0.5, 0.6) is 0 Å². The Bertz CT molecular complexity index is 867. The number of thiophene rings is 1. The van der Waals surface area contributed by atoms with E-state index in [-0.39, 0.29) is 11.7 Å². The number of piperazine rings is 1. The van der Waals surface area contributed by atoms with E-state index >= 15 is 0 Å². The normalized spacial score (nSPS) is 17.4. The highest BCUT2D eigenvalue weighted by Crippen LogP contribution is 2.37. The molecule has 0 bridgehead atoms. The van der Waals surface area contributed by atoms with Gasteiger partial charge in [-0.15, -0.1) is 23.1 Å². The first-order valence-electron chi connectivity index (χ1n) is 8.94. The summed E-state index contributed by atoms with van der Waals surface area (Å²) in [5.41, 5.74) is 4.57. The van der Waals surface area contributed by atoms with Crippen LogP contribution in [-0.4, -0.2) is 48.5 Å². The Morgan fingerprint density at radius 1 is 1.08 bits per heavy atom. The molecule has 0 aliphatic carbocycles. The molecule has 0 N–H and O–H groups in total. The molecule has 4 rings (SSSR count). The smallest absolute Gasteiger partial charge is 0.264 e. The maximum absolute atomic E-state index is 12.9. The fraction of sp³-hybridized carbons (Fsp3) is 0.400. The molecule has 1 saturated heterocycles. The number of thioether (sulfide) groups is 1. The molecule has 0 spiro atoms. The summed E-state index contributed by atoms with van der Waals surface area (Å²) in [6, 6.07) is 8.34. The van der Waals surface area contributed by atoms with E-state index in [1.807, 2.05) is 11.0 Å². The third kappa shape index (κ3) is 3.28. The van der Waals surface area contributed by atoms with E-state index < -0.39 is 0 Å². The van der Waals surface area contributed by atoms with Crippen molar-refractivity contribution >= 4 is 40.5 Å². The average molecular weight is 387 g/mol. The first kappa shape index (κ1) is 17.6. The summed E-state index contributed by atoms with van der Waals surface area (Å²) in [7, 11) is 0. The maximum atomic E-state index is 12.9. The lowest BCUT2D eigenvalue weighted by Crippen LogP contribution is -2.48. The van der Waals surface area contributed by atoms with Crippen molar-refractivity contribution in [2.75, 3.05) is 36.8 Å². The number of anilines is 1. The summed E-state index contributed by atoms with van der Waals surface area (Å²) in [5.74, 6) is 1.07. The standard InChI is InChI=1S/C20H22N2O2S2/c1-13-3-4-16(14(2)11-13)21-6-8-22(9-7-21)19(24)18-12-15-17(23)5-10-25-20(15)26-18/h3-4,11-12H,5-10H2,1-2H3. The van der Waals surface area contributed by atoms with Gasteiger partial charge in [0.2, 0.25) is 0 Å². The van der Waals surface area contributed by atoms with Crippen LogP contribution in [0.15, 0.2) is 28.5 Å². The number of rotatable bonds is 2. The second kappa shape index (κ2) is 7.08. The van der Waals surface area contributed by atoms with Gasteiger partial charge in [-0.1, -0.05) is 17.7 Å². The molecule has 1 fully saturated rings. The van der Waals surface area contributed by atoms with E-state index in [4.69, 9.17) is 0 Å². The number of hydrogen-bond acceptors (Lipinski definition) is 5. The van der Waals surface area contributed by atoms with Crippen LogP contribution in [0.3, 0.4) is 0 Å². The van der Waals surface area contributed by atoms with Crippen molar-refractivity contribution < 1.29 is 9.59 Å². The lowest BCUT2D eigenvalue weighted by atomic mass is 10.1. The van der Waals surface area contributed by atoms with Gasteiger partial charge in [0.25, 0.3) is 5.91 Å². The molecule has 6 heteroatoms. The van der Waals surface area contributed by atoms with E-state index in [2.05, 4.69) is 36.9 Å². The number of ketones is 1. The van der Waals surface area contributed by atoms with Gasteiger partial charge >= 0.3 is 0 Å². The number of fused-ring (bicyclic) bond motifs is 1. The Labute approximate surface area is 162 Å². The predicted octanol–water partition coefficient (Wildman–Crippen LogP) is 4.01. The number of carbonyl (C=O) groups is 2. The molecule has 1 amide bonds. The van der Waals surface area contributed by atoms with Gasteiger partial charge in [0.05, 0.1) is 9.09 Å². The molecule has 0 atom stereocenters. The van der Waals surface area contributed by atoms with Crippen molar-refractivity contribution in [3.05, 3.63) is 45.8 Å². The van der Waals surface area contributed by atoms with Gasteiger partial charge in [0.15, 0.2) is 5.78 Å². The molecule has 1 aromatic heterocycles. The van der Waals surface area contributed by atoms with Crippen LogP contribution in [0.1, 0.15) is 37.6 Å².